The molecular weight excluding hydrogens is 222 g/mol. The zero-order chi connectivity index (χ0) is 12.1. The minimum Gasteiger partial charge on any atom is -0.464 e. The van der Waals surface area contributed by atoms with Gasteiger partial charge in [0, 0.05) is 19.1 Å². The molecule has 1 aliphatic rings. The molecule has 0 saturated carbocycles. The third kappa shape index (κ3) is 3.42. The van der Waals surface area contributed by atoms with Gasteiger partial charge in [0.05, 0.1) is 13.2 Å². The van der Waals surface area contributed by atoms with Crippen LogP contribution in [0, 0.1) is 5.92 Å². The van der Waals surface area contributed by atoms with Crippen LogP contribution in [0.1, 0.15) is 13.3 Å². The van der Waals surface area contributed by atoms with Crippen molar-refractivity contribution < 1.29 is 9.47 Å². The average Bonchev–Trinajstić information content (AvgIpc) is 2.79. The molecule has 0 aliphatic carbocycles. The van der Waals surface area contributed by atoms with Gasteiger partial charge in [0.25, 0.3) is 0 Å². The Kier molecular flexibility index (Phi) is 3.92. The molecule has 0 amide bonds. The largest absolute Gasteiger partial charge is 0.464 e. The van der Waals surface area contributed by atoms with Crippen molar-refractivity contribution in [1.82, 2.24) is 15.0 Å². The number of nitrogens with two attached hydrogens (primary N) is 1. The molecule has 1 atom stereocenters. The van der Waals surface area contributed by atoms with Crippen LogP contribution in [0.3, 0.4) is 0 Å². The third-order valence-corrected chi connectivity index (χ3v) is 2.48. The lowest BCUT2D eigenvalue weighted by atomic mass is 10.1. The quantitative estimate of drug-likeness (QED) is 0.763. The van der Waals surface area contributed by atoms with Crippen molar-refractivity contribution in [1.29, 1.82) is 0 Å². The third-order valence-electron chi connectivity index (χ3n) is 2.48. The van der Waals surface area contributed by atoms with E-state index in [2.05, 4.69) is 20.3 Å². The van der Waals surface area contributed by atoms with Crippen LogP contribution in [0.15, 0.2) is 0 Å². The first-order valence-electron chi connectivity index (χ1n) is 5.74. The molecule has 2 heterocycles. The van der Waals surface area contributed by atoms with Crippen LogP contribution in [-0.4, -0.2) is 41.3 Å². The Morgan fingerprint density at radius 2 is 2.35 bits per heavy atom. The molecule has 0 spiro atoms. The molecule has 2 rings (SSSR count). The zero-order valence-corrected chi connectivity index (χ0v) is 9.85. The van der Waals surface area contributed by atoms with Crippen LogP contribution in [0.2, 0.25) is 0 Å². The highest BCUT2D eigenvalue weighted by molar-refractivity contribution is 5.32. The number of nitrogens with one attached hydrogen (secondary N) is 1. The van der Waals surface area contributed by atoms with Gasteiger partial charge in [0.15, 0.2) is 0 Å². The standard InChI is InChI=1S/C10H17N5O2/c1-2-17-10-14-8(11)13-9(15-10)12-5-7-3-4-16-6-7/h7H,2-6H2,1H3,(H3,11,12,13,14,15). The molecule has 94 valence electrons. The normalized spacial score (nSPS) is 19.2. The Bertz CT molecular complexity index is 368. The Labute approximate surface area is 99.8 Å². The summed E-state index contributed by atoms with van der Waals surface area (Å²) in [7, 11) is 0. The second-order valence-corrected chi connectivity index (χ2v) is 3.84. The maximum atomic E-state index is 5.57. The fraction of sp³-hybridized carbons (Fsp3) is 0.700. The van der Waals surface area contributed by atoms with E-state index in [1.807, 2.05) is 6.92 Å². The van der Waals surface area contributed by atoms with E-state index in [0.29, 0.717) is 18.5 Å². The van der Waals surface area contributed by atoms with Crippen LogP contribution in [0.4, 0.5) is 11.9 Å². The number of hydrogen-bond acceptors (Lipinski definition) is 7. The number of hydrogen-bond donors (Lipinski definition) is 2. The van der Waals surface area contributed by atoms with Crippen molar-refractivity contribution in [2.24, 2.45) is 5.92 Å². The van der Waals surface area contributed by atoms with Crippen molar-refractivity contribution in [3.8, 4) is 6.01 Å². The number of nitrogen functional groups attached to an aromatic ring is 1. The van der Waals surface area contributed by atoms with Gasteiger partial charge in [-0.3, -0.25) is 0 Å². The average molecular weight is 239 g/mol. The fourth-order valence-electron chi connectivity index (χ4n) is 1.62. The molecule has 1 saturated heterocycles. The van der Waals surface area contributed by atoms with E-state index in [4.69, 9.17) is 15.2 Å². The van der Waals surface area contributed by atoms with Gasteiger partial charge < -0.3 is 20.5 Å². The molecule has 3 N–H and O–H groups in total. The van der Waals surface area contributed by atoms with E-state index >= 15 is 0 Å². The molecule has 7 nitrogen and oxygen atoms in total. The Morgan fingerprint density at radius 3 is 3.06 bits per heavy atom. The fourth-order valence-corrected chi connectivity index (χ4v) is 1.62. The summed E-state index contributed by atoms with van der Waals surface area (Å²) in [6.07, 6.45) is 1.06. The van der Waals surface area contributed by atoms with E-state index in [0.717, 1.165) is 26.2 Å². The van der Waals surface area contributed by atoms with Crippen molar-refractivity contribution in [3.05, 3.63) is 0 Å². The van der Waals surface area contributed by atoms with Gasteiger partial charge in [0.1, 0.15) is 0 Å². The molecule has 0 bridgehead atoms. The molecule has 7 heteroatoms. The Balaban J connectivity index is 1.94. The zero-order valence-electron chi connectivity index (χ0n) is 9.85. The predicted octanol–water partition coefficient (Wildman–Crippen LogP) is 0.301. The van der Waals surface area contributed by atoms with Crippen LogP contribution in [0.25, 0.3) is 0 Å². The second-order valence-electron chi connectivity index (χ2n) is 3.84. The molecule has 1 aromatic heterocycles. The van der Waals surface area contributed by atoms with Gasteiger partial charge in [-0.2, -0.15) is 15.0 Å². The van der Waals surface area contributed by atoms with Crippen molar-refractivity contribution >= 4 is 11.9 Å². The summed E-state index contributed by atoms with van der Waals surface area (Å²) in [5.74, 6) is 1.12. The van der Waals surface area contributed by atoms with Gasteiger partial charge in [-0.25, -0.2) is 0 Å². The maximum Gasteiger partial charge on any atom is 0.323 e. The molecule has 1 aromatic rings. The molecular formula is C10H17N5O2. The summed E-state index contributed by atoms with van der Waals surface area (Å²) in [6.45, 7) is 4.75. The van der Waals surface area contributed by atoms with Gasteiger partial charge in [-0.15, -0.1) is 0 Å². The lowest BCUT2D eigenvalue weighted by Crippen LogP contribution is -2.17. The summed E-state index contributed by atoms with van der Waals surface area (Å²) in [5, 5.41) is 3.12. The van der Waals surface area contributed by atoms with E-state index in [1.165, 1.54) is 0 Å². The Hall–Kier alpha value is -1.63. The van der Waals surface area contributed by atoms with Crippen LogP contribution in [0.5, 0.6) is 6.01 Å². The molecule has 0 aromatic carbocycles. The summed E-state index contributed by atoms with van der Waals surface area (Å²) < 4.78 is 10.5. The molecule has 0 radical (unpaired) electrons. The number of aromatic nitrogens is 3. The smallest absolute Gasteiger partial charge is 0.323 e. The Morgan fingerprint density at radius 1 is 1.47 bits per heavy atom. The highest BCUT2D eigenvalue weighted by Gasteiger charge is 2.16. The van der Waals surface area contributed by atoms with Crippen LogP contribution in [-0.2, 0) is 4.74 Å². The van der Waals surface area contributed by atoms with Crippen LogP contribution < -0.4 is 15.8 Å². The number of ether oxygens (including phenoxy) is 2. The van der Waals surface area contributed by atoms with Crippen molar-refractivity contribution in [2.45, 2.75) is 13.3 Å². The minimum atomic E-state index is 0.161. The maximum absolute atomic E-state index is 5.57. The molecule has 1 unspecified atom stereocenters. The highest BCUT2D eigenvalue weighted by atomic mass is 16.5. The topological polar surface area (TPSA) is 95.2 Å². The summed E-state index contributed by atoms with van der Waals surface area (Å²) >= 11 is 0. The monoisotopic (exact) mass is 239 g/mol. The summed E-state index contributed by atoms with van der Waals surface area (Å²) in [5.41, 5.74) is 5.57. The summed E-state index contributed by atoms with van der Waals surface area (Å²) in [6, 6.07) is 0.255. The molecule has 1 fully saturated rings. The second kappa shape index (κ2) is 5.62. The predicted molar refractivity (Wildman–Crippen MR) is 62.8 cm³/mol. The van der Waals surface area contributed by atoms with E-state index < -0.39 is 0 Å². The first-order chi connectivity index (χ1) is 8.28. The number of rotatable bonds is 5. The molecule has 17 heavy (non-hydrogen) atoms. The summed E-state index contributed by atoms with van der Waals surface area (Å²) in [4.78, 5) is 12.0. The SMILES string of the molecule is CCOc1nc(N)nc(NCC2CCOC2)n1. The van der Waals surface area contributed by atoms with Crippen molar-refractivity contribution in [2.75, 3.05) is 37.4 Å². The highest BCUT2D eigenvalue weighted by Crippen LogP contribution is 2.14. The van der Waals surface area contributed by atoms with E-state index in [-0.39, 0.29) is 12.0 Å². The van der Waals surface area contributed by atoms with Gasteiger partial charge in [-0.05, 0) is 13.3 Å². The molecule has 1 aliphatic heterocycles. The first kappa shape index (κ1) is 11.8. The van der Waals surface area contributed by atoms with Crippen molar-refractivity contribution in [3.63, 3.8) is 0 Å². The number of nitrogens with zero attached hydrogens (tertiary/aromatic N) is 3. The lowest BCUT2D eigenvalue weighted by molar-refractivity contribution is 0.187. The van der Waals surface area contributed by atoms with Gasteiger partial charge in [-0.1, -0.05) is 0 Å². The number of anilines is 2. The lowest BCUT2D eigenvalue weighted by Gasteiger charge is -2.10. The minimum absolute atomic E-state index is 0.161. The van der Waals surface area contributed by atoms with Gasteiger partial charge >= 0.3 is 6.01 Å². The van der Waals surface area contributed by atoms with Crippen LogP contribution >= 0.6 is 0 Å². The van der Waals surface area contributed by atoms with E-state index in [1.54, 1.807) is 0 Å². The van der Waals surface area contributed by atoms with Gasteiger partial charge in [0.2, 0.25) is 11.9 Å². The first-order valence-corrected chi connectivity index (χ1v) is 5.74. The van der Waals surface area contributed by atoms with E-state index in [9.17, 15) is 0 Å².